The van der Waals surface area contributed by atoms with Crippen molar-refractivity contribution in [2.24, 2.45) is 0 Å². The number of hydrogen-bond acceptors (Lipinski definition) is 2. The van der Waals surface area contributed by atoms with Crippen LogP contribution < -0.4 is 26.2 Å². The van der Waals surface area contributed by atoms with Gasteiger partial charge in [-0.2, -0.15) is 0 Å². The zero-order valence-corrected chi connectivity index (χ0v) is 45.7. The van der Waals surface area contributed by atoms with E-state index in [1.54, 1.807) is 0 Å². The van der Waals surface area contributed by atoms with E-state index in [4.69, 9.17) is 0 Å². The summed E-state index contributed by atoms with van der Waals surface area (Å²) in [5, 5.41) is 0. The Morgan fingerprint density at radius 3 is 1.56 bits per heavy atom. The van der Waals surface area contributed by atoms with E-state index in [-0.39, 0.29) is 39.2 Å². The second-order valence-electron chi connectivity index (χ2n) is 26.6. The standard InChI is InChI=1S/C68H77BN2/c1-43(2)45-36-60-62-61(37-45)71(57-30-26-47(63(3,4)5)38-50(57)44-22-18-16-19-23-44)58-31-27-48(68(14,15)46-24-20-17-21-25-46)39-55(58)69(62)56-41-53-54(67(12,13)35-34-66(53,10)11)42-59(56)70(60)49-28-29-51-52(40-49)65(8,9)33-32-64(51,6)7/h16-31,36-43H,32-35H2,1-15H3. The molecule has 0 unspecified atom stereocenters. The second kappa shape index (κ2) is 16.1. The van der Waals surface area contributed by atoms with Crippen molar-refractivity contribution in [3.63, 3.8) is 0 Å². The molecule has 0 atom stereocenters. The van der Waals surface area contributed by atoms with Crippen LogP contribution in [0, 0.1) is 0 Å². The minimum absolute atomic E-state index is 0.00148. The third kappa shape index (κ3) is 7.57. The summed E-state index contributed by atoms with van der Waals surface area (Å²) in [6.45, 7) is 36.4. The van der Waals surface area contributed by atoms with Gasteiger partial charge in [-0.25, -0.2) is 0 Å². The van der Waals surface area contributed by atoms with E-state index in [0.717, 1.165) is 0 Å². The highest BCUT2D eigenvalue weighted by Gasteiger charge is 2.48. The highest BCUT2D eigenvalue weighted by atomic mass is 15.2. The Morgan fingerprint density at radius 2 is 0.958 bits per heavy atom. The fourth-order valence-corrected chi connectivity index (χ4v) is 13.1. The molecule has 362 valence electrons. The Morgan fingerprint density at radius 1 is 0.437 bits per heavy atom. The van der Waals surface area contributed by atoms with E-state index in [1.165, 1.54) is 132 Å². The first kappa shape index (κ1) is 47.5. The highest BCUT2D eigenvalue weighted by Crippen LogP contribution is 2.54. The number of rotatable bonds is 6. The first-order valence-corrected chi connectivity index (χ1v) is 26.9. The lowest BCUT2D eigenvalue weighted by Gasteiger charge is -2.48. The van der Waals surface area contributed by atoms with Crippen LogP contribution in [0.2, 0.25) is 0 Å². The van der Waals surface area contributed by atoms with Crippen molar-refractivity contribution in [3.05, 3.63) is 184 Å². The topological polar surface area (TPSA) is 6.48 Å². The number of hydrogen-bond donors (Lipinski definition) is 0. The smallest absolute Gasteiger partial charge is 0.252 e. The second-order valence-corrected chi connectivity index (χ2v) is 26.6. The van der Waals surface area contributed by atoms with Crippen LogP contribution in [0.5, 0.6) is 0 Å². The van der Waals surface area contributed by atoms with Gasteiger partial charge in [0.2, 0.25) is 0 Å². The Balaban J connectivity index is 1.29. The quantitative estimate of drug-likeness (QED) is 0.153. The van der Waals surface area contributed by atoms with Gasteiger partial charge in [0, 0.05) is 39.4 Å². The fourth-order valence-electron chi connectivity index (χ4n) is 13.1. The van der Waals surface area contributed by atoms with Gasteiger partial charge in [-0.1, -0.05) is 195 Å². The summed E-state index contributed by atoms with van der Waals surface area (Å²) in [5.74, 6) is 0.305. The SMILES string of the molecule is CC(C)c1cc2c3c(c1)N(c1ccc(C(C)(C)C)cc1-c1ccccc1)c1ccc(C(C)(C)c4ccccc4)cc1B3c1cc3c(cc1N2c1ccc2c(c1)C(C)(C)CCC2(C)C)C(C)(C)CCC3(C)C. The van der Waals surface area contributed by atoms with Gasteiger partial charge >= 0.3 is 0 Å². The van der Waals surface area contributed by atoms with Gasteiger partial charge in [0.15, 0.2) is 0 Å². The normalized spacial score (nSPS) is 18.1. The van der Waals surface area contributed by atoms with Gasteiger partial charge < -0.3 is 9.80 Å². The molecule has 3 heteroatoms. The van der Waals surface area contributed by atoms with E-state index in [0.29, 0.717) is 5.92 Å². The van der Waals surface area contributed by atoms with Crippen LogP contribution in [0.25, 0.3) is 11.1 Å². The summed E-state index contributed by atoms with van der Waals surface area (Å²) < 4.78 is 0. The third-order valence-electron chi connectivity index (χ3n) is 18.2. The lowest BCUT2D eigenvalue weighted by molar-refractivity contribution is 0.332. The number of nitrogens with zero attached hydrogens (tertiary/aromatic N) is 2. The fraction of sp³-hybridized carbons (Fsp3) is 0.382. The van der Waals surface area contributed by atoms with Crippen LogP contribution in [0.1, 0.15) is 180 Å². The molecule has 0 aromatic heterocycles. The zero-order valence-electron chi connectivity index (χ0n) is 45.7. The maximum atomic E-state index is 2.73. The average Bonchev–Trinajstić information content (AvgIpc) is 3.33. The summed E-state index contributed by atoms with van der Waals surface area (Å²) in [4.78, 5) is 5.41. The van der Waals surface area contributed by atoms with Gasteiger partial charge in [-0.05, 0) is 174 Å². The molecule has 0 saturated heterocycles. The highest BCUT2D eigenvalue weighted by molar-refractivity contribution is 7.00. The first-order valence-electron chi connectivity index (χ1n) is 26.9. The molecule has 2 heterocycles. The molecule has 71 heavy (non-hydrogen) atoms. The van der Waals surface area contributed by atoms with E-state index >= 15 is 0 Å². The molecule has 0 saturated carbocycles. The van der Waals surface area contributed by atoms with Gasteiger partial charge in [0.05, 0.1) is 5.69 Å². The van der Waals surface area contributed by atoms with Crippen molar-refractivity contribution in [1.82, 2.24) is 0 Å². The maximum absolute atomic E-state index is 2.73. The van der Waals surface area contributed by atoms with E-state index in [9.17, 15) is 0 Å². The molecule has 0 radical (unpaired) electrons. The maximum Gasteiger partial charge on any atom is 0.252 e. The van der Waals surface area contributed by atoms with Crippen LogP contribution in [0.15, 0.2) is 140 Å². The molecule has 0 amide bonds. The molecular formula is C68H77BN2. The number of benzene rings is 7. The third-order valence-corrected chi connectivity index (χ3v) is 18.2. The van der Waals surface area contributed by atoms with Gasteiger partial charge in [-0.15, -0.1) is 0 Å². The van der Waals surface area contributed by atoms with Gasteiger partial charge in [-0.3, -0.25) is 0 Å². The Bertz CT molecular complexity index is 3250. The summed E-state index contributed by atoms with van der Waals surface area (Å²) in [7, 11) is 0. The van der Waals surface area contributed by atoms with E-state index in [1.807, 2.05) is 0 Å². The summed E-state index contributed by atoms with van der Waals surface area (Å²) >= 11 is 0. The van der Waals surface area contributed by atoms with Gasteiger partial charge in [0.1, 0.15) is 0 Å². The molecule has 2 nitrogen and oxygen atoms in total. The molecule has 7 aromatic rings. The minimum Gasteiger partial charge on any atom is -0.311 e. The predicted molar refractivity (Wildman–Crippen MR) is 308 cm³/mol. The molecule has 2 aliphatic carbocycles. The Kier molecular flexibility index (Phi) is 10.8. The van der Waals surface area contributed by atoms with Crippen molar-refractivity contribution in [2.45, 2.75) is 168 Å². The molecule has 0 N–H and O–H groups in total. The Hall–Kier alpha value is -5.80. The zero-order chi connectivity index (χ0) is 50.4. The van der Waals surface area contributed by atoms with E-state index in [2.05, 4.69) is 253 Å². The monoisotopic (exact) mass is 933 g/mol. The Labute approximate surface area is 428 Å². The van der Waals surface area contributed by atoms with Crippen LogP contribution >= 0.6 is 0 Å². The predicted octanol–water partition coefficient (Wildman–Crippen LogP) is 16.9. The van der Waals surface area contributed by atoms with Crippen molar-refractivity contribution in [1.29, 1.82) is 0 Å². The summed E-state index contributed by atoms with van der Waals surface area (Å²) in [5.41, 5.74) is 25.7. The first-order chi connectivity index (χ1) is 33.4. The molecule has 2 aliphatic heterocycles. The van der Waals surface area contributed by atoms with Crippen LogP contribution in [-0.4, -0.2) is 6.71 Å². The van der Waals surface area contributed by atoms with Crippen LogP contribution in [-0.2, 0) is 32.5 Å². The molecule has 0 bridgehead atoms. The summed E-state index contributed by atoms with van der Waals surface area (Å²) in [6, 6.07) is 55.3. The molecule has 7 aromatic carbocycles. The van der Waals surface area contributed by atoms with Crippen LogP contribution in [0.4, 0.5) is 34.1 Å². The van der Waals surface area contributed by atoms with Crippen molar-refractivity contribution >= 4 is 57.2 Å². The molecule has 0 spiro atoms. The van der Waals surface area contributed by atoms with Gasteiger partial charge in [0.25, 0.3) is 6.71 Å². The molecule has 0 fully saturated rings. The van der Waals surface area contributed by atoms with E-state index < -0.39 is 0 Å². The number of anilines is 6. The summed E-state index contributed by atoms with van der Waals surface area (Å²) in [6.07, 6.45) is 4.71. The number of fused-ring (bicyclic) bond motifs is 6. The molecule has 11 rings (SSSR count). The molecule has 4 aliphatic rings. The lowest BCUT2D eigenvalue weighted by atomic mass is 9.32. The van der Waals surface area contributed by atoms with Crippen molar-refractivity contribution in [2.75, 3.05) is 9.80 Å². The van der Waals surface area contributed by atoms with Crippen LogP contribution in [0.3, 0.4) is 0 Å². The lowest BCUT2D eigenvalue weighted by Crippen LogP contribution is -2.62. The largest absolute Gasteiger partial charge is 0.311 e. The molecular weight excluding hydrogens is 856 g/mol. The van der Waals surface area contributed by atoms with Crippen molar-refractivity contribution < 1.29 is 0 Å². The minimum atomic E-state index is -0.232. The average molecular weight is 933 g/mol. The van der Waals surface area contributed by atoms with Crippen molar-refractivity contribution in [3.8, 4) is 11.1 Å².